The van der Waals surface area contributed by atoms with Gasteiger partial charge in [0.2, 0.25) is 0 Å². The third-order valence-electron chi connectivity index (χ3n) is 2.08. The van der Waals surface area contributed by atoms with Crippen molar-refractivity contribution in [2.24, 2.45) is 0 Å². The number of hydrogen-bond donors (Lipinski definition) is 0. The van der Waals surface area contributed by atoms with Gasteiger partial charge in [-0.3, -0.25) is 4.98 Å². The Kier molecular flexibility index (Phi) is 3.96. The van der Waals surface area contributed by atoms with Crippen LogP contribution in [0.15, 0.2) is 51.7 Å². The molecule has 0 unspecified atom stereocenters. The van der Waals surface area contributed by atoms with E-state index in [1.54, 1.807) is 12.4 Å². The van der Waals surface area contributed by atoms with Crippen molar-refractivity contribution in [3.63, 3.8) is 0 Å². The fraction of sp³-hybridized carbons (Fsp3) is 0.0833. The van der Waals surface area contributed by atoms with Crippen molar-refractivity contribution >= 4 is 31.9 Å². The molecule has 0 amide bonds. The Morgan fingerprint density at radius 1 is 1.06 bits per heavy atom. The van der Waals surface area contributed by atoms with Crippen LogP contribution >= 0.6 is 31.9 Å². The van der Waals surface area contributed by atoms with Gasteiger partial charge in [0.15, 0.2) is 0 Å². The third kappa shape index (κ3) is 2.83. The number of benzene rings is 1. The minimum atomic E-state index is 0.532. The lowest BCUT2D eigenvalue weighted by Crippen LogP contribution is -1.96. The summed E-state index contributed by atoms with van der Waals surface area (Å²) >= 11 is 6.87. The Hall–Kier alpha value is -0.870. The van der Waals surface area contributed by atoms with E-state index in [0.717, 1.165) is 20.3 Å². The number of ether oxygens (including phenoxy) is 1. The summed E-state index contributed by atoms with van der Waals surface area (Å²) < 4.78 is 7.61. The van der Waals surface area contributed by atoms with Crippen LogP contribution in [0.1, 0.15) is 5.56 Å². The fourth-order valence-electron chi connectivity index (χ4n) is 1.25. The Balaban J connectivity index is 2.09. The van der Waals surface area contributed by atoms with Crippen LogP contribution in [0.25, 0.3) is 0 Å². The van der Waals surface area contributed by atoms with Crippen molar-refractivity contribution in [2.45, 2.75) is 6.61 Å². The van der Waals surface area contributed by atoms with Crippen LogP contribution < -0.4 is 4.74 Å². The van der Waals surface area contributed by atoms with Gasteiger partial charge in [-0.05, 0) is 28.1 Å². The Morgan fingerprint density at radius 2 is 1.88 bits per heavy atom. The molecule has 1 aromatic carbocycles. The number of aromatic nitrogens is 1. The van der Waals surface area contributed by atoms with Gasteiger partial charge < -0.3 is 4.74 Å². The summed E-state index contributed by atoms with van der Waals surface area (Å²) in [5, 5.41) is 0. The number of nitrogens with zero attached hydrogens (tertiary/aromatic N) is 1. The second-order valence-corrected chi connectivity index (χ2v) is 4.89. The monoisotopic (exact) mass is 341 g/mol. The molecule has 2 nitrogen and oxygen atoms in total. The molecule has 0 N–H and O–H groups in total. The first-order chi connectivity index (χ1) is 7.77. The first-order valence-electron chi connectivity index (χ1n) is 4.73. The van der Waals surface area contributed by atoms with E-state index in [9.17, 15) is 0 Å². The van der Waals surface area contributed by atoms with Gasteiger partial charge in [-0.2, -0.15) is 0 Å². The molecule has 0 radical (unpaired) electrons. The molecule has 0 saturated carbocycles. The molecule has 0 fully saturated rings. The molecule has 82 valence electrons. The summed E-state index contributed by atoms with van der Waals surface area (Å²) in [4.78, 5) is 3.98. The van der Waals surface area contributed by atoms with E-state index in [1.165, 1.54) is 0 Å². The van der Waals surface area contributed by atoms with Crippen molar-refractivity contribution in [3.05, 3.63) is 57.2 Å². The molecule has 0 bridgehead atoms. The van der Waals surface area contributed by atoms with Gasteiger partial charge in [-0.1, -0.05) is 34.1 Å². The number of hydrogen-bond acceptors (Lipinski definition) is 2. The molecule has 2 rings (SSSR count). The summed E-state index contributed by atoms with van der Waals surface area (Å²) in [6.45, 7) is 0.532. The van der Waals surface area contributed by atoms with Gasteiger partial charge in [0.05, 0.1) is 4.47 Å². The van der Waals surface area contributed by atoms with Gasteiger partial charge >= 0.3 is 0 Å². The summed E-state index contributed by atoms with van der Waals surface area (Å²) in [6.07, 6.45) is 3.43. The van der Waals surface area contributed by atoms with E-state index in [0.29, 0.717) is 6.61 Å². The largest absolute Gasteiger partial charge is 0.488 e. The zero-order chi connectivity index (χ0) is 11.4. The minimum Gasteiger partial charge on any atom is -0.488 e. The molecule has 1 aromatic heterocycles. The maximum absolute atomic E-state index is 5.69. The highest BCUT2D eigenvalue weighted by atomic mass is 79.9. The Bertz CT molecular complexity index is 442. The average Bonchev–Trinajstić information content (AvgIpc) is 2.30. The van der Waals surface area contributed by atoms with E-state index in [2.05, 4.69) is 36.8 Å². The van der Waals surface area contributed by atoms with Crippen LogP contribution in [-0.2, 0) is 6.61 Å². The van der Waals surface area contributed by atoms with Gasteiger partial charge in [-0.15, -0.1) is 0 Å². The fourth-order valence-corrected chi connectivity index (χ4v) is 2.01. The minimum absolute atomic E-state index is 0.532. The SMILES string of the molecule is Brc1ccccc1COc1ccncc1Br. The van der Waals surface area contributed by atoms with Gasteiger partial charge in [0.25, 0.3) is 0 Å². The zero-order valence-corrected chi connectivity index (χ0v) is 11.5. The lowest BCUT2D eigenvalue weighted by molar-refractivity contribution is 0.303. The Labute approximate surface area is 111 Å². The maximum Gasteiger partial charge on any atom is 0.137 e. The molecule has 0 saturated heterocycles. The predicted octanol–water partition coefficient (Wildman–Crippen LogP) is 4.19. The molecule has 0 aliphatic carbocycles. The van der Waals surface area contributed by atoms with Crippen LogP contribution in [-0.4, -0.2) is 4.98 Å². The van der Waals surface area contributed by atoms with E-state index < -0.39 is 0 Å². The van der Waals surface area contributed by atoms with Crippen molar-refractivity contribution in [2.75, 3.05) is 0 Å². The summed E-state index contributed by atoms with van der Waals surface area (Å²) in [6, 6.07) is 9.83. The second-order valence-electron chi connectivity index (χ2n) is 3.19. The molecular formula is C12H9Br2NO. The van der Waals surface area contributed by atoms with Crippen LogP contribution in [0.5, 0.6) is 5.75 Å². The number of pyridine rings is 1. The maximum atomic E-state index is 5.69. The summed E-state index contributed by atoms with van der Waals surface area (Å²) in [7, 11) is 0. The van der Waals surface area contributed by atoms with Crippen molar-refractivity contribution in [1.82, 2.24) is 4.98 Å². The summed E-state index contributed by atoms with van der Waals surface area (Å²) in [5.74, 6) is 0.797. The van der Waals surface area contributed by atoms with Crippen molar-refractivity contribution in [1.29, 1.82) is 0 Å². The average molecular weight is 343 g/mol. The molecule has 0 aliphatic heterocycles. The highest BCUT2D eigenvalue weighted by Crippen LogP contribution is 2.25. The molecule has 0 aliphatic rings. The lowest BCUT2D eigenvalue weighted by Gasteiger charge is -2.08. The van der Waals surface area contributed by atoms with Crippen LogP contribution in [0, 0.1) is 0 Å². The molecule has 1 heterocycles. The van der Waals surface area contributed by atoms with Gasteiger partial charge in [0, 0.05) is 22.4 Å². The highest BCUT2D eigenvalue weighted by Gasteiger charge is 2.02. The molecule has 0 spiro atoms. The summed E-state index contributed by atoms with van der Waals surface area (Å²) in [5.41, 5.74) is 1.12. The third-order valence-corrected chi connectivity index (χ3v) is 3.45. The quantitative estimate of drug-likeness (QED) is 0.834. The van der Waals surface area contributed by atoms with Crippen molar-refractivity contribution in [3.8, 4) is 5.75 Å². The van der Waals surface area contributed by atoms with Crippen LogP contribution in [0.2, 0.25) is 0 Å². The molecule has 2 aromatic rings. The smallest absolute Gasteiger partial charge is 0.137 e. The number of halogens is 2. The second kappa shape index (κ2) is 5.46. The predicted molar refractivity (Wildman–Crippen MR) is 70.4 cm³/mol. The van der Waals surface area contributed by atoms with E-state index in [1.807, 2.05) is 30.3 Å². The first-order valence-corrected chi connectivity index (χ1v) is 6.31. The lowest BCUT2D eigenvalue weighted by atomic mass is 10.2. The highest BCUT2D eigenvalue weighted by molar-refractivity contribution is 9.10. The zero-order valence-electron chi connectivity index (χ0n) is 8.36. The van der Waals surface area contributed by atoms with Gasteiger partial charge in [0.1, 0.15) is 12.4 Å². The topological polar surface area (TPSA) is 22.1 Å². The standard InChI is InChI=1S/C12H9Br2NO/c13-10-4-2-1-3-9(10)8-16-12-5-6-15-7-11(12)14/h1-7H,8H2. The Morgan fingerprint density at radius 3 is 2.62 bits per heavy atom. The van der Waals surface area contributed by atoms with Crippen LogP contribution in [0.4, 0.5) is 0 Å². The van der Waals surface area contributed by atoms with E-state index in [-0.39, 0.29) is 0 Å². The molecule has 0 atom stereocenters. The van der Waals surface area contributed by atoms with Crippen molar-refractivity contribution < 1.29 is 4.74 Å². The van der Waals surface area contributed by atoms with Gasteiger partial charge in [-0.25, -0.2) is 0 Å². The van der Waals surface area contributed by atoms with Crippen LogP contribution in [0.3, 0.4) is 0 Å². The van der Waals surface area contributed by atoms with E-state index >= 15 is 0 Å². The normalized spacial score (nSPS) is 10.1. The molecule has 4 heteroatoms. The molecule has 16 heavy (non-hydrogen) atoms. The number of rotatable bonds is 3. The first kappa shape index (κ1) is 11.6. The molecular weight excluding hydrogens is 334 g/mol. The van der Waals surface area contributed by atoms with E-state index in [4.69, 9.17) is 4.74 Å².